The van der Waals surface area contributed by atoms with Crippen molar-refractivity contribution in [3.05, 3.63) is 63.4 Å². The number of morpholine rings is 1. The Kier molecular flexibility index (Phi) is 7.21. The Morgan fingerprint density at radius 3 is 2.58 bits per heavy atom. The number of para-hydroxylation sites is 1. The number of benzene rings is 2. The van der Waals surface area contributed by atoms with Crippen LogP contribution in [0.4, 0.5) is 24.8 Å². The van der Waals surface area contributed by atoms with Gasteiger partial charge in [-0.1, -0.05) is 18.2 Å². The van der Waals surface area contributed by atoms with Crippen molar-refractivity contribution in [1.82, 2.24) is 9.55 Å². The first-order valence-corrected chi connectivity index (χ1v) is 11.5. The van der Waals surface area contributed by atoms with Gasteiger partial charge in [0.1, 0.15) is 6.54 Å². The molecule has 0 aliphatic carbocycles. The van der Waals surface area contributed by atoms with E-state index in [9.17, 15) is 22.8 Å². The average Bonchev–Trinajstić information content (AvgIpc) is 2.85. The summed E-state index contributed by atoms with van der Waals surface area (Å²) in [6, 6.07) is 9.78. The summed E-state index contributed by atoms with van der Waals surface area (Å²) in [7, 11) is 1.29. The van der Waals surface area contributed by atoms with Crippen molar-refractivity contribution < 1.29 is 27.4 Å². The summed E-state index contributed by atoms with van der Waals surface area (Å²) >= 11 is 0. The van der Waals surface area contributed by atoms with E-state index in [1.54, 1.807) is 42.2 Å². The Hall–Kier alpha value is -3.60. The van der Waals surface area contributed by atoms with Crippen molar-refractivity contribution in [2.75, 3.05) is 43.6 Å². The third-order valence-electron chi connectivity index (χ3n) is 6.01. The fraction of sp³-hybridized carbons (Fsp3) is 0.400. The smallest absolute Gasteiger partial charge is 0.406 e. The molecule has 1 N–H and O–H groups in total. The number of nitrogens with zero attached hydrogens (tertiary/aromatic N) is 3. The third kappa shape index (κ3) is 5.30. The van der Waals surface area contributed by atoms with Crippen molar-refractivity contribution in [1.29, 1.82) is 0 Å². The van der Waals surface area contributed by atoms with Gasteiger partial charge in [0.25, 0.3) is 5.56 Å². The number of carbonyl (C=O) groups is 1. The van der Waals surface area contributed by atoms with Crippen LogP contribution in [-0.4, -0.2) is 55.1 Å². The highest BCUT2D eigenvalue weighted by molar-refractivity contribution is 5.95. The zero-order valence-electron chi connectivity index (χ0n) is 20.2. The number of anilines is 2. The quantitative estimate of drug-likeness (QED) is 0.507. The van der Waals surface area contributed by atoms with Crippen molar-refractivity contribution >= 4 is 28.5 Å². The second kappa shape index (κ2) is 10.2. The molecule has 1 fully saturated rings. The molecule has 36 heavy (non-hydrogen) atoms. The summed E-state index contributed by atoms with van der Waals surface area (Å²) in [6.07, 6.45) is -4.60. The van der Waals surface area contributed by atoms with Crippen molar-refractivity contribution in [3.8, 4) is 0 Å². The molecule has 0 spiro atoms. The number of aryl methyl sites for hydroxylation is 1. The van der Waals surface area contributed by atoms with E-state index in [4.69, 9.17) is 9.47 Å². The molecule has 11 heteroatoms. The lowest BCUT2D eigenvalue weighted by atomic mass is 10.0. The first-order chi connectivity index (χ1) is 17.1. The largest absolute Gasteiger partial charge is 0.465 e. The molecule has 1 aromatic heterocycles. The minimum Gasteiger partial charge on any atom is -0.465 e. The number of rotatable bonds is 6. The fourth-order valence-corrected chi connectivity index (χ4v) is 4.36. The van der Waals surface area contributed by atoms with E-state index in [-0.39, 0.29) is 11.3 Å². The minimum absolute atomic E-state index is 0.0413. The summed E-state index contributed by atoms with van der Waals surface area (Å²) in [4.78, 5) is 31.9. The van der Waals surface area contributed by atoms with E-state index in [0.717, 1.165) is 0 Å². The molecule has 2 aromatic carbocycles. The van der Waals surface area contributed by atoms with Crippen LogP contribution in [0.15, 0.2) is 41.2 Å². The fourth-order valence-electron chi connectivity index (χ4n) is 4.36. The van der Waals surface area contributed by atoms with Gasteiger partial charge >= 0.3 is 12.1 Å². The maximum atomic E-state index is 13.5. The van der Waals surface area contributed by atoms with Gasteiger partial charge in [-0.3, -0.25) is 9.36 Å². The molecule has 1 atom stereocenters. The lowest BCUT2D eigenvalue weighted by Crippen LogP contribution is -2.42. The van der Waals surface area contributed by atoms with E-state index in [2.05, 4.69) is 10.3 Å². The van der Waals surface area contributed by atoms with Crippen molar-refractivity contribution in [2.45, 2.75) is 32.6 Å². The average molecular weight is 505 g/mol. The van der Waals surface area contributed by atoms with E-state index in [1.807, 2.05) is 13.0 Å². The van der Waals surface area contributed by atoms with Gasteiger partial charge in [-0.2, -0.15) is 13.2 Å². The zero-order chi connectivity index (χ0) is 26.0. The highest BCUT2D eigenvalue weighted by Gasteiger charge is 2.32. The number of methoxy groups -OCH3 is 1. The molecular formula is C25H27F3N4O4. The van der Waals surface area contributed by atoms with Gasteiger partial charge in [0.15, 0.2) is 0 Å². The molecule has 1 saturated heterocycles. The zero-order valence-corrected chi connectivity index (χ0v) is 20.2. The molecule has 1 aliphatic heterocycles. The summed E-state index contributed by atoms with van der Waals surface area (Å²) < 4.78 is 51.2. The van der Waals surface area contributed by atoms with Gasteiger partial charge in [-0.25, -0.2) is 9.78 Å². The Labute approximate surface area is 205 Å². The molecule has 3 aromatic rings. The Morgan fingerprint density at radius 1 is 1.22 bits per heavy atom. The number of carbonyl (C=O) groups excluding carboxylic acids is 1. The molecule has 8 nitrogen and oxygen atoms in total. The van der Waals surface area contributed by atoms with Crippen LogP contribution in [-0.2, 0) is 16.0 Å². The number of esters is 1. The molecule has 0 saturated carbocycles. The van der Waals surface area contributed by atoms with E-state index < -0.39 is 30.3 Å². The Morgan fingerprint density at radius 2 is 1.92 bits per heavy atom. The molecule has 192 valence electrons. The predicted molar refractivity (Wildman–Crippen MR) is 130 cm³/mol. The van der Waals surface area contributed by atoms with Crippen LogP contribution < -0.4 is 15.8 Å². The van der Waals surface area contributed by atoms with Gasteiger partial charge in [-0.05, 0) is 37.6 Å². The van der Waals surface area contributed by atoms with Crippen LogP contribution in [0.25, 0.3) is 10.9 Å². The standard InChI is InChI=1S/C25H27F3N4O4/c1-15-12-18(16(2)29-20-7-5-4-6-17(20)23(34)35-3)21-19(13-15)22(33)32(14-25(26,27)28)24(30-21)31-8-10-36-11-9-31/h4-7,12-13,16,29H,8-11,14H2,1-3H3. The molecule has 1 aliphatic rings. The number of hydrogen-bond donors (Lipinski definition) is 1. The van der Waals surface area contributed by atoms with Gasteiger partial charge in [0.2, 0.25) is 5.95 Å². The highest BCUT2D eigenvalue weighted by Crippen LogP contribution is 2.30. The van der Waals surface area contributed by atoms with Crippen molar-refractivity contribution in [2.24, 2.45) is 0 Å². The first kappa shape index (κ1) is 25.5. The van der Waals surface area contributed by atoms with Crippen LogP contribution in [0.5, 0.6) is 0 Å². The number of ether oxygens (including phenoxy) is 2. The Balaban J connectivity index is 1.87. The molecule has 1 unspecified atom stereocenters. The van der Waals surface area contributed by atoms with Crippen LogP contribution in [0.2, 0.25) is 0 Å². The highest BCUT2D eigenvalue weighted by atomic mass is 19.4. The second-order valence-electron chi connectivity index (χ2n) is 8.67. The molecule has 4 rings (SSSR count). The lowest BCUT2D eigenvalue weighted by molar-refractivity contribution is -0.141. The van der Waals surface area contributed by atoms with Gasteiger partial charge in [0, 0.05) is 24.3 Å². The summed E-state index contributed by atoms with van der Waals surface area (Å²) in [5, 5.41) is 3.37. The number of alkyl halides is 3. The first-order valence-electron chi connectivity index (χ1n) is 11.5. The molecule has 2 heterocycles. The number of nitrogens with one attached hydrogen (secondary N) is 1. The predicted octanol–water partition coefficient (Wildman–Crippen LogP) is 4.06. The third-order valence-corrected chi connectivity index (χ3v) is 6.01. The minimum atomic E-state index is -4.60. The van der Waals surface area contributed by atoms with Crippen LogP contribution in [0, 0.1) is 6.92 Å². The number of aromatic nitrogens is 2. The number of halogens is 3. The monoisotopic (exact) mass is 504 g/mol. The van der Waals surface area contributed by atoms with Gasteiger partial charge in [0.05, 0.1) is 42.8 Å². The molecule has 0 radical (unpaired) electrons. The second-order valence-corrected chi connectivity index (χ2v) is 8.67. The summed E-state index contributed by atoms with van der Waals surface area (Å²) in [5.74, 6) is -0.553. The molecule has 0 bridgehead atoms. The summed E-state index contributed by atoms with van der Waals surface area (Å²) in [6.45, 7) is 3.44. The normalized spacial score (nSPS) is 15.1. The van der Waals surface area contributed by atoms with Gasteiger partial charge < -0.3 is 19.7 Å². The van der Waals surface area contributed by atoms with Crippen LogP contribution in [0.3, 0.4) is 0 Å². The van der Waals surface area contributed by atoms with E-state index in [0.29, 0.717) is 58.8 Å². The number of hydrogen-bond acceptors (Lipinski definition) is 7. The molecular weight excluding hydrogens is 477 g/mol. The lowest BCUT2D eigenvalue weighted by Gasteiger charge is -2.30. The van der Waals surface area contributed by atoms with Crippen LogP contribution >= 0.6 is 0 Å². The maximum Gasteiger partial charge on any atom is 0.406 e. The van der Waals surface area contributed by atoms with E-state index in [1.165, 1.54) is 7.11 Å². The maximum absolute atomic E-state index is 13.5. The topological polar surface area (TPSA) is 85.7 Å². The van der Waals surface area contributed by atoms with Gasteiger partial charge in [-0.15, -0.1) is 0 Å². The van der Waals surface area contributed by atoms with Crippen LogP contribution in [0.1, 0.15) is 34.5 Å². The SMILES string of the molecule is COC(=O)c1ccccc1NC(C)c1cc(C)cc2c(=O)n(CC(F)(F)F)c(N3CCOCC3)nc12. The molecule has 0 amide bonds. The Bertz CT molecular complexity index is 1330. The van der Waals surface area contributed by atoms with Crippen molar-refractivity contribution in [3.63, 3.8) is 0 Å². The number of fused-ring (bicyclic) bond motifs is 1. The van der Waals surface area contributed by atoms with E-state index >= 15 is 0 Å². The summed E-state index contributed by atoms with van der Waals surface area (Å²) in [5.41, 5.74) is 1.72.